The first-order chi connectivity index (χ1) is 14.1. The largest absolute Gasteiger partial charge is 0.493 e. The van der Waals surface area contributed by atoms with Crippen molar-refractivity contribution in [3.8, 4) is 17.2 Å². The van der Waals surface area contributed by atoms with Crippen LogP contribution in [0.25, 0.3) is 0 Å². The number of amides is 1. The maximum Gasteiger partial charge on any atom is 0.255 e. The number of hydrogen-bond acceptors (Lipinski definition) is 4. The van der Waals surface area contributed by atoms with E-state index >= 15 is 0 Å². The van der Waals surface area contributed by atoms with E-state index in [4.69, 9.17) is 25.8 Å². The summed E-state index contributed by atoms with van der Waals surface area (Å²) in [5, 5.41) is 3.50. The van der Waals surface area contributed by atoms with Crippen molar-refractivity contribution in [1.82, 2.24) is 0 Å². The molecule has 0 aliphatic carbocycles. The van der Waals surface area contributed by atoms with Crippen molar-refractivity contribution in [1.29, 1.82) is 0 Å². The molecule has 0 aliphatic rings. The summed E-state index contributed by atoms with van der Waals surface area (Å²) in [7, 11) is 1.53. The number of rotatable bonds is 8. The van der Waals surface area contributed by atoms with Gasteiger partial charge in [0.15, 0.2) is 11.5 Å². The van der Waals surface area contributed by atoms with E-state index in [1.165, 1.54) is 7.11 Å². The van der Waals surface area contributed by atoms with Crippen molar-refractivity contribution in [3.05, 3.63) is 82.9 Å². The van der Waals surface area contributed by atoms with Gasteiger partial charge in [0.05, 0.1) is 19.4 Å². The number of nitrogens with one attached hydrogen (secondary N) is 1. The summed E-state index contributed by atoms with van der Waals surface area (Å²) in [6.45, 7) is 2.70. The number of hydrogen-bond donors (Lipinski definition) is 1. The van der Waals surface area contributed by atoms with Crippen LogP contribution in [0.1, 0.15) is 22.8 Å². The predicted octanol–water partition coefficient (Wildman–Crippen LogP) is 5.58. The number of benzene rings is 3. The van der Waals surface area contributed by atoms with Crippen molar-refractivity contribution in [2.75, 3.05) is 19.0 Å². The molecule has 3 aromatic rings. The summed E-state index contributed by atoms with van der Waals surface area (Å²) in [6.07, 6.45) is 0. The Morgan fingerprint density at radius 3 is 2.45 bits per heavy atom. The smallest absolute Gasteiger partial charge is 0.255 e. The minimum absolute atomic E-state index is 0.270. The molecule has 3 aromatic carbocycles. The van der Waals surface area contributed by atoms with Crippen molar-refractivity contribution in [2.45, 2.75) is 13.5 Å². The molecule has 0 atom stereocenters. The van der Waals surface area contributed by atoms with Gasteiger partial charge >= 0.3 is 0 Å². The Balaban J connectivity index is 1.74. The molecule has 0 heterocycles. The average Bonchev–Trinajstić information content (AvgIpc) is 2.74. The lowest BCUT2D eigenvalue weighted by molar-refractivity contribution is 0.102. The Hall–Kier alpha value is -3.18. The van der Waals surface area contributed by atoms with Crippen LogP contribution in [0.4, 0.5) is 5.69 Å². The molecular formula is C23H22ClNO4. The lowest BCUT2D eigenvalue weighted by Gasteiger charge is -2.14. The molecule has 0 spiro atoms. The molecule has 1 N–H and O–H groups in total. The highest BCUT2D eigenvalue weighted by atomic mass is 35.5. The molecule has 0 aliphatic heterocycles. The molecule has 0 fully saturated rings. The Bertz CT molecular complexity index is 990. The number of carbonyl (C=O) groups excluding carboxylic acids is 1. The quantitative estimate of drug-likeness (QED) is 0.525. The van der Waals surface area contributed by atoms with Gasteiger partial charge in [0.2, 0.25) is 0 Å². The van der Waals surface area contributed by atoms with Crippen LogP contribution < -0.4 is 19.5 Å². The monoisotopic (exact) mass is 411 g/mol. The maximum absolute atomic E-state index is 12.7. The van der Waals surface area contributed by atoms with E-state index in [0.717, 1.165) is 5.56 Å². The second-order valence-corrected chi connectivity index (χ2v) is 6.54. The second-order valence-electron chi connectivity index (χ2n) is 6.13. The lowest BCUT2D eigenvalue weighted by atomic mass is 10.1. The molecule has 0 saturated heterocycles. The zero-order valence-corrected chi connectivity index (χ0v) is 17.0. The van der Waals surface area contributed by atoms with E-state index in [2.05, 4.69) is 5.32 Å². The normalized spacial score (nSPS) is 10.3. The SMILES string of the molecule is CCOc1ccccc1NC(=O)c1ccc(OCc2ccccc2Cl)c(OC)c1. The van der Waals surface area contributed by atoms with E-state index in [9.17, 15) is 4.79 Å². The van der Waals surface area contributed by atoms with Gasteiger partial charge in [0.25, 0.3) is 5.91 Å². The summed E-state index contributed by atoms with van der Waals surface area (Å²) in [6, 6.07) is 19.8. The van der Waals surface area contributed by atoms with Crippen LogP contribution in [0, 0.1) is 0 Å². The van der Waals surface area contributed by atoms with Gasteiger partial charge in [-0.25, -0.2) is 0 Å². The van der Waals surface area contributed by atoms with Crippen LogP contribution in [0.5, 0.6) is 17.2 Å². The van der Waals surface area contributed by atoms with Gasteiger partial charge in [0, 0.05) is 16.1 Å². The fourth-order valence-electron chi connectivity index (χ4n) is 2.74. The first-order valence-corrected chi connectivity index (χ1v) is 9.57. The van der Waals surface area contributed by atoms with Crippen molar-refractivity contribution < 1.29 is 19.0 Å². The average molecular weight is 412 g/mol. The van der Waals surface area contributed by atoms with Crippen molar-refractivity contribution >= 4 is 23.2 Å². The highest BCUT2D eigenvalue weighted by molar-refractivity contribution is 6.31. The number of ether oxygens (including phenoxy) is 3. The molecule has 5 nitrogen and oxygen atoms in total. The van der Waals surface area contributed by atoms with Crippen LogP contribution in [0.3, 0.4) is 0 Å². The van der Waals surface area contributed by atoms with E-state index in [1.807, 2.05) is 49.4 Å². The van der Waals surface area contributed by atoms with Gasteiger partial charge in [0.1, 0.15) is 12.4 Å². The topological polar surface area (TPSA) is 56.8 Å². The number of halogens is 1. The molecule has 0 saturated carbocycles. The third-order valence-corrected chi connectivity index (χ3v) is 4.57. The van der Waals surface area contributed by atoms with E-state index in [1.54, 1.807) is 24.3 Å². The summed E-state index contributed by atoms with van der Waals surface area (Å²) in [5.74, 6) is 1.34. The van der Waals surface area contributed by atoms with E-state index < -0.39 is 0 Å². The van der Waals surface area contributed by atoms with Crippen LogP contribution in [-0.2, 0) is 6.61 Å². The van der Waals surface area contributed by atoms with E-state index in [0.29, 0.717) is 46.7 Å². The third-order valence-electron chi connectivity index (χ3n) is 4.20. The Morgan fingerprint density at radius 1 is 0.931 bits per heavy atom. The molecular weight excluding hydrogens is 390 g/mol. The Morgan fingerprint density at radius 2 is 1.69 bits per heavy atom. The molecule has 0 radical (unpaired) electrons. The second kappa shape index (κ2) is 9.85. The fraction of sp³-hybridized carbons (Fsp3) is 0.174. The lowest BCUT2D eigenvalue weighted by Crippen LogP contribution is -2.13. The maximum atomic E-state index is 12.7. The number of para-hydroxylation sites is 2. The molecule has 6 heteroatoms. The first kappa shape index (κ1) is 20.6. The predicted molar refractivity (Wildman–Crippen MR) is 114 cm³/mol. The van der Waals surface area contributed by atoms with Gasteiger partial charge in [-0.1, -0.05) is 41.9 Å². The minimum Gasteiger partial charge on any atom is -0.493 e. The van der Waals surface area contributed by atoms with Crippen LogP contribution >= 0.6 is 11.6 Å². The number of anilines is 1. The highest BCUT2D eigenvalue weighted by Crippen LogP contribution is 2.31. The molecule has 29 heavy (non-hydrogen) atoms. The zero-order valence-electron chi connectivity index (χ0n) is 16.3. The van der Waals surface area contributed by atoms with Gasteiger partial charge in [-0.05, 0) is 43.3 Å². The molecule has 1 amide bonds. The number of carbonyl (C=O) groups is 1. The first-order valence-electron chi connectivity index (χ1n) is 9.19. The molecule has 150 valence electrons. The van der Waals surface area contributed by atoms with E-state index in [-0.39, 0.29) is 5.91 Å². The molecule has 0 unspecified atom stereocenters. The van der Waals surface area contributed by atoms with Crippen molar-refractivity contribution in [2.24, 2.45) is 0 Å². The number of methoxy groups -OCH3 is 1. The molecule has 3 rings (SSSR count). The summed E-state index contributed by atoms with van der Waals surface area (Å²) >= 11 is 6.17. The van der Waals surface area contributed by atoms with Crippen LogP contribution in [-0.4, -0.2) is 19.6 Å². The molecule has 0 aromatic heterocycles. The standard InChI is InChI=1S/C23H22ClNO4/c1-3-28-20-11-7-6-10-19(20)25-23(26)16-12-13-21(22(14-16)27-2)29-15-17-8-4-5-9-18(17)24/h4-14H,3,15H2,1-2H3,(H,25,26). The zero-order chi connectivity index (χ0) is 20.6. The summed E-state index contributed by atoms with van der Waals surface area (Å²) in [5.41, 5.74) is 1.92. The summed E-state index contributed by atoms with van der Waals surface area (Å²) in [4.78, 5) is 12.7. The van der Waals surface area contributed by atoms with Gasteiger partial charge in [-0.15, -0.1) is 0 Å². The minimum atomic E-state index is -0.270. The van der Waals surface area contributed by atoms with Crippen molar-refractivity contribution in [3.63, 3.8) is 0 Å². The Labute approximate surface area is 175 Å². The fourth-order valence-corrected chi connectivity index (χ4v) is 2.94. The molecule has 0 bridgehead atoms. The highest BCUT2D eigenvalue weighted by Gasteiger charge is 2.14. The van der Waals surface area contributed by atoms with Crippen LogP contribution in [0.15, 0.2) is 66.7 Å². The third kappa shape index (κ3) is 5.21. The van der Waals surface area contributed by atoms with Crippen LogP contribution in [0.2, 0.25) is 5.02 Å². The van der Waals surface area contributed by atoms with Gasteiger partial charge in [-0.2, -0.15) is 0 Å². The Kier molecular flexibility index (Phi) is 6.98. The summed E-state index contributed by atoms with van der Waals surface area (Å²) < 4.78 is 16.8. The van der Waals surface area contributed by atoms with Gasteiger partial charge in [-0.3, -0.25) is 4.79 Å². The van der Waals surface area contributed by atoms with Gasteiger partial charge < -0.3 is 19.5 Å².